The lowest BCUT2D eigenvalue weighted by molar-refractivity contribution is -0.114. The van der Waals surface area contributed by atoms with Crippen molar-refractivity contribution in [3.8, 4) is 5.75 Å². The molecular weight excluding hydrogens is 476 g/mol. The molecule has 1 N–H and O–H groups in total. The number of ether oxygens (including phenoxy) is 1. The number of anilines is 2. The Hall–Kier alpha value is -2.62. The van der Waals surface area contributed by atoms with E-state index in [1.807, 2.05) is 37.6 Å². The topological polar surface area (TPSA) is 75.7 Å². The van der Waals surface area contributed by atoms with Crippen LogP contribution in [0.4, 0.5) is 11.4 Å². The first-order valence-corrected chi connectivity index (χ1v) is 14.1. The van der Waals surface area contributed by atoms with Crippen LogP contribution in [0.2, 0.25) is 0 Å². The first-order chi connectivity index (χ1) is 15.9. The number of carbonyl (C=O) groups is 1. The van der Waals surface area contributed by atoms with E-state index in [0.717, 1.165) is 14.1 Å². The second kappa shape index (κ2) is 11.5. The van der Waals surface area contributed by atoms with Gasteiger partial charge in [0.05, 0.1) is 17.2 Å². The van der Waals surface area contributed by atoms with E-state index in [9.17, 15) is 13.2 Å². The van der Waals surface area contributed by atoms with Crippen LogP contribution in [-0.4, -0.2) is 40.0 Å². The number of hydrogen-bond donors (Lipinski definition) is 1. The molecule has 0 spiro atoms. The maximum absolute atomic E-state index is 13.5. The lowest BCUT2D eigenvalue weighted by Gasteiger charge is -2.24. The van der Waals surface area contributed by atoms with Crippen molar-refractivity contribution >= 4 is 50.8 Å². The Morgan fingerprint density at radius 1 is 0.939 bits per heavy atom. The van der Waals surface area contributed by atoms with Gasteiger partial charge < -0.3 is 10.1 Å². The van der Waals surface area contributed by atoms with Crippen molar-refractivity contribution < 1.29 is 17.9 Å². The first kappa shape index (κ1) is 25.0. The quantitative estimate of drug-likeness (QED) is 0.376. The molecule has 33 heavy (non-hydrogen) atoms. The van der Waals surface area contributed by atoms with Gasteiger partial charge in [-0.25, -0.2) is 8.42 Å². The first-order valence-electron chi connectivity index (χ1n) is 10.2. The van der Waals surface area contributed by atoms with Crippen molar-refractivity contribution in [1.82, 2.24) is 0 Å². The number of hydrogen-bond acceptors (Lipinski definition) is 6. The highest BCUT2D eigenvalue weighted by Gasteiger charge is 2.27. The average molecular weight is 503 g/mol. The van der Waals surface area contributed by atoms with E-state index in [0.29, 0.717) is 23.7 Å². The molecule has 174 valence electrons. The van der Waals surface area contributed by atoms with Crippen molar-refractivity contribution in [3.63, 3.8) is 0 Å². The Morgan fingerprint density at radius 3 is 2.21 bits per heavy atom. The molecule has 0 radical (unpaired) electrons. The third kappa shape index (κ3) is 6.46. The Balaban J connectivity index is 1.92. The van der Waals surface area contributed by atoms with Gasteiger partial charge in [0.15, 0.2) is 0 Å². The van der Waals surface area contributed by atoms with Gasteiger partial charge in [0, 0.05) is 15.5 Å². The summed E-state index contributed by atoms with van der Waals surface area (Å²) in [6.07, 6.45) is 3.87. The Morgan fingerprint density at radius 2 is 1.61 bits per heavy atom. The molecule has 1 amide bonds. The fourth-order valence-corrected chi connectivity index (χ4v) is 5.39. The third-order valence-corrected chi connectivity index (χ3v) is 7.98. The molecule has 0 fully saturated rings. The van der Waals surface area contributed by atoms with E-state index in [1.165, 1.54) is 11.8 Å². The monoisotopic (exact) mass is 502 g/mol. The van der Waals surface area contributed by atoms with Gasteiger partial charge in [0.2, 0.25) is 5.91 Å². The standard InChI is InChI=1S/C24H26N2O4S3/c1-4-30-20-10-8-19(9-11-20)26(33(28,29)23-14-12-21(31-2)13-15-23)17-24(27)25-18-6-5-7-22(16-18)32-3/h5-16H,4,17H2,1-3H3,(H,25,27). The largest absolute Gasteiger partial charge is 0.494 e. The van der Waals surface area contributed by atoms with Crippen LogP contribution in [0, 0.1) is 0 Å². The zero-order chi connectivity index (χ0) is 23.8. The summed E-state index contributed by atoms with van der Waals surface area (Å²) in [5.74, 6) is 0.188. The van der Waals surface area contributed by atoms with Gasteiger partial charge in [-0.15, -0.1) is 23.5 Å². The molecular formula is C24H26N2O4S3. The minimum atomic E-state index is -3.99. The summed E-state index contributed by atoms with van der Waals surface area (Å²) >= 11 is 3.09. The van der Waals surface area contributed by atoms with E-state index in [-0.39, 0.29) is 11.4 Å². The van der Waals surface area contributed by atoms with E-state index >= 15 is 0 Å². The molecule has 0 bridgehead atoms. The van der Waals surface area contributed by atoms with E-state index < -0.39 is 15.9 Å². The van der Waals surface area contributed by atoms with Gasteiger partial charge in [-0.05, 0) is 86.2 Å². The molecule has 0 saturated carbocycles. The van der Waals surface area contributed by atoms with Crippen molar-refractivity contribution in [3.05, 3.63) is 72.8 Å². The van der Waals surface area contributed by atoms with Gasteiger partial charge in [0.1, 0.15) is 12.3 Å². The fraction of sp³-hybridized carbons (Fsp3) is 0.208. The predicted molar refractivity (Wildman–Crippen MR) is 137 cm³/mol. The van der Waals surface area contributed by atoms with Crippen molar-refractivity contribution in [2.75, 3.05) is 35.3 Å². The molecule has 6 nitrogen and oxygen atoms in total. The van der Waals surface area contributed by atoms with Crippen LogP contribution >= 0.6 is 23.5 Å². The molecule has 0 aliphatic rings. The third-order valence-electron chi connectivity index (χ3n) is 4.72. The molecule has 3 rings (SSSR count). The van der Waals surface area contributed by atoms with Crippen molar-refractivity contribution in [1.29, 1.82) is 0 Å². The highest BCUT2D eigenvalue weighted by molar-refractivity contribution is 7.98. The van der Waals surface area contributed by atoms with Crippen LogP contribution in [0.15, 0.2) is 87.5 Å². The second-order valence-corrected chi connectivity index (χ2v) is 10.5. The van der Waals surface area contributed by atoms with E-state index in [2.05, 4.69) is 5.32 Å². The van der Waals surface area contributed by atoms with Crippen LogP contribution in [0.25, 0.3) is 0 Å². The Kier molecular flexibility index (Phi) is 8.71. The number of rotatable bonds is 10. The van der Waals surface area contributed by atoms with Crippen LogP contribution in [0.3, 0.4) is 0 Å². The maximum Gasteiger partial charge on any atom is 0.264 e. The van der Waals surface area contributed by atoms with Crippen LogP contribution < -0.4 is 14.4 Å². The minimum absolute atomic E-state index is 0.117. The molecule has 3 aromatic rings. The van der Waals surface area contributed by atoms with Crippen LogP contribution in [-0.2, 0) is 14.8 Å². The van der Waals surface area contributed by atoms with Crippen molar-refractivity contribution in [2.45, 2.75) is 21.6 Å². The summed E-state index contributed by atoms with van der Waals surface area (Å²) in [7, 11) is -3.99. The molecule has 0 atom stereocenters. The summed E-state index contributed by atoms with van der Waals surface area (Å²) < 4.78 is 33.7. The molecule has 9 heteroatoms. The Labute approximate surface area is 203 Å². The zero-order valence-corrected chi connectivity index (χ0v) is 21.1. The number of nitrogens with one attached hydrogen (secondary N) is 1. The summed E-state index contributed by atoms with van der Waals surface area (Å²) in [6, 6.07) is 20.7. The number of thioether (sulfide) groups is 2. The minimum Gasteiger partial charge on any atom is -0.494 e. The highest BCUT2D eigenvalue weighted by atomic mass is 32.2. The number of sulfonamides is 1. The highest BCUT2D eigenvalue weighted by Crippen LogP contribution is 2.27. The molecule has 0 heterocycles. The van der Waals surface area contributed by atoms with Gasteiger partial charge in [-0.2, -0.15) is 0 Å². The van der Waals surface area contributed by atoms with Gasteiger partial charge in [-0.1, -0.05) is 6.07 Å². The Bertz CT molecular complexity index is 1180. The second-order valence-electron chi connectivity index (χ2n) is 6.89. The lowest BCUT2D eigenvalue weighted by Crippen LogP contribution is -2.38. The van der Waals surface area contributed by atoms with Gasteiger partial charge in [0.25, 0.3) is 10.0 Å². The molecule has 0 aromatic heterocycles. The normalized spacial score (nSPS) is 11.1. The predicted octanol–water partition coefficient (Wildman–Crippen LogP) is 5.36. The maximum atomic E-state index is 13.5. The molecule has 0 saturated heterocycles. The van der Waals surface area contributed by atoms with Crippen LogP contribution in [0.5, 0.6) is 5.75 Å². The average Bonchev–Trinajstić information content (AvgIpc) is 2.83. The van der Waals surface area contributed by atoms with Crippen LogP contribution in [0.1, 0.15) is 6.92 Å². The summed E-state index contributed by atoms with van der Waals surface area (Å²) in [5, 5.41) is 2.80. The molecule has 0 unspecified atom stereocenters. The van der Waals surface area contributed by atoms with E-state index in [1.54, 1.807) is 66.4 Å². The van der Waals surface area contributed by atoms with E-state index in [4.69, 9.17) is 4.74 Å². The van der Waals surface area contributed by atoms with Gasteiger partial charge in [-0.3, -0.25) is 9.10 Å². The van der Waals surface area contributed by atoms with Gasteiger partial charge >= 0.3 is 0 Å². The smallest absolute Gasteiger partial charge is 0.264 e. The van der Waals surface area contributed by atoms with Crippen molar-refractivity contribution in [2.24, 2.45) is 0 Å². The number of benzene rings is 3. The summed E-state index contributed by atoms with van der Waals surface area (Å²) in [5.41, 5.74) is 0.987. The summed E-state index contributed by atoms with van der Waals surface area (Å²) in [4.78, 5) is 15.0. The molecule has 0 aliphatic heterocycles. The summed E-state index contributed by atoms with van der Waals surface area (Å²) in [6.45, 7) is 2.00. The number of amides is 1. The SMILES string of the molecule is CCOc1ccc(N(CC(=O)Nc2cccc(SC)c2)S(=O)(=O)c2ccc(SC)cc2)cc1. The molecule has 0 aliphatic carbocycles. The number of nitrogens with zero attached hydrogens (tertiary/aromatic N) is 1. The fourth-order valence-electron chi connectivity index (χ4n) is 3.10. The number of carbonyl (C=O) groups excluding carboxylic acids is 1. The molecule has 3 aromatic carbocycles. The lowest BCUT2D eigenvalue weighted by atomic mass is 10.3. The zero-order valence-electron chi connectivity index (χ0n) is 18.6.